The van der Waals surface area contributed by atoms with Gasteiger partial charge in [0.05, 0.1) is 5.69 Å². The van der Waals surface area contributed by atoms with Crippen LogP contribution in [0, 0.1) is 0 Å². The highest BCUT2D eigenvalue weighted by Crippen LogP contribution is 2.38. The minimum Gasteiger partial charge on any atom is -0.341 e. The lowest BCUT2D eigenvalue weighted by molar-refractivity contribution is 0.632. The SMILES string of the molecule is CCc1cn(C2CC2)c(N(C)C2CCNC2)n1. The first-order valence-corrected chi connectivity index (χ1v) is 6.81. The second-order valence-corrected chi connectivity index (χ2v) is 5.28. The van der Waals surface area contributed by atoms with E-state index in [-0.39, 0.29) is 0 Å². The highest BCUT2D eigenvalue weighted by atomic mass is 15.3. The molecule has 0 spiro atoms. The van der Waals surface area contributed by atoms with Gasteiger partial charge >= 0.3 is 0 Å². The fraction of sp³-hybridized carbons (Fsp3) is 0.769. The van der Waals surface area contributed by atoms with E-state index < -0.39 is 0 Å². The standard InChI is InChI=1S/C13H22N4/c1-3-10-9-17(11-4-5-11)13(15-10)16(2)12-6-7-14-8-12/h9,11-12,14H,3-8H2,1-2H3. The second-order valence-electron chi connectivity index (χ2n) is 5.28. The number of nitrogens with zero attached hydrogens (tertiary/aromatic N) is 3. The topological polar surface area (TPSA) is 33.1 Å². The molecule has 94 valence electrons. The Morgan fingerprint density at radius 2 is 2.29 bits per heavy atom. The van der Waals surface area contributed by atoms with Crippen molar-refractivity contribution in [1.29, 1.82) is 0 Å². The van der Waals surface area contributed by atoms with Gasteiger partial charge in [-0.05, 0) is 32.2 Å². The van der Waals surface area contributed by atoms with Gasteiger partial charge < -0.3 is 14.8 Å². The molecule has 4 nitrogen and oxygen atoms in total. The molecular weight excluding hydrogens is 212 g/mol. The predicted molar refractivity (Wildman–Crippen MR) is 69.6 cm³/mol. The zero-order valence-corrected chi connectivity index (χ0v) is 10.8. The number of imidazole rings is 1. The maximum atomic E-state index is 4.80. The maximum absolute atomic E-state index is 4.80. The summed E-state index contributed by atoms with van der Waals surface area (Å²) in [4.78, 5) is 7.17. The summed E-state index contributed by atoms with van der Waals surface area (Å²) < 4.78 is 2.40. The Kier molecular flexibility index (Phi) is 2.82. The molecule has 1 saturated carbocycles. The van der Waals surface area contributed by atoms with Crippen molar-refractivity contribution in [3.8, 4) is 0 Å². The molecule has 2 fully saturated rings. The zero-order valence-electron chi connectivity index (χ0n) is 10.8. The van der Waals surface area contributed by atoms with Crippen molar-refractivity contribution < 1.29 is 0 Å². The number of rotatable bonds is 4. The maximum Gasteiger partial charge on any atom is 0.206 e. The Bertz CT molecular complexity index is 388. The van der Waals surface area contributed by atoms with Crippen molar-refractivity contribution in [1.82, 2.24) is 14.9 Å². The van der Waals surface area contributed by atoms with Crippen LogP contribution in [-0.4, -0.2) is 35.7 Å². The highest BCUT2D eigenvalue weighted by molar-refractivity contribution is 5.36. The number of likely N-dealkylation sites (N-methyl/N-ethyl adjacent to an activating group) is 1. The quantitative estimate of drug-likeness (QED) is 0.858. The van der Waals surface area contributed by atoms with Crippen molar-refractivity contribution in [2.45, 2.75) is 44.7 Å². The molecule has 1 aliphatic heterocycles. The van der Waals surface area contributed by atoms with Gasteiger partial charge in [0, 0.05) is 31.9 Å². The summed E-state index contributed by atoms with van der Waals surface area (Å²) >= 11 is 0. The molecule has 1 N–H and O–H groups in total. The molecule has 0 radical (unpaired) electrons. The fourth-order valence-corrected chi connectivity index (χ4v) is 2.62. The number of aromatic nitrogens is 2. The minimum atomic E-state index is 0.611. The van der Waals surface area contributed by atoms with Gasteiger partial charge in [0.1, 0.15) is 0 Å². The Morgan fingerprint density at radius 1 is 1.47 bits per heavy atom. The molecule has 17 heavy (non-hydrogen) atoms. The van der Waals surface area contributed by atoms with E-state index in [1.54, 1.807) is 0 Å². The molecule has 3 rings (SSSR count). The average Bonchev–Trinajstić information content (AvgIpc) is 2.91. The number of aryl methyl sites for hydroxylation is 1. The smallest absolute Gasteiger partial charge is 0.206 e. The van der Waals surface area contributed by atoms with E-state index in [1.807, 2.05) is 0 Å². The third kappa shape index (κ3) is 2.06. The van der Waals surface area contributed by atoms with Gasteiger partial charge in [-0.25, -0.2) is 4.98 Å². The lowest BCUT2D eigenvalue weighted by Crippen LogP contribution is -2.35. The Hall–Kier alpha value is -1.03. The van der Waals surface area contributed by atoms with Gasteiger partial charge in [0.2, 0.25) is 5.95 Å². The summed E-state index contributed by atoms with van der Waals surface area (Å²) in [6.45, 7) is 4.41. The van der Waals surface area contributed by atoms with Crippen LogP contribution >= 0.6 is 0 Å². The van der Waals surface area contributed by atoms with Crippen molar-refractivity contribution >= 4 is 5.95 Å². The fourth-order valence-electron chi connectivity index (χ4n) is 2.62. The molecule has 0 amide bonds. The molecule has 2 heterocycles. The molecule has 1 aliphatic carbocycles. The van der Waals surface area contributed by atoms with Crippen molar-refractivity contribution in [2.24, 2.45) is 0 Å². The van der Waals surface area contributed by atoms with Gasteiger partial charge in [-0.3, -0.25) is 0 Å². The molecule has 0 aromatic carbocycles. The second kappa shape index (κ2) is 4.33. The molecule has 1 unspecified atom stereocenters. The van der Waals surface area contributed by atoms with Crippen LogP contribution in [0.1, 0.15) is 37.9 Å². The van der Waals surface area contributed by atoms with E-state index in [0.717, 1.165) is 25.6 Å². The molecule has 4 heteroatoms. The average molecular weight is 234 g/mol. The van der Waals surface area contributed by atoms with E-state index in [9.17, 15) is 0 Å². The summed E-state index contributed by atoms with van der Waals surface area (Å²) in [7, 11) is 2.19. The van der Waals surface area contributed by atoms with Gasteiger partial charge in [-0.2, -0.15) is 0 Å². The molecule has 1 atom stereocenters. The van der Waals surface area contributed by atoms with E-state index >= 15 is 0 Å². The van der Waals surface area contributed by atoms with Gasteiger partial charge in [-0.15, -0.1) is 0 Å². The van der Waals surface area contributed by atoms with Gasteiger partial charge in [0.25, 0.3) is 0 Å². The summed E-state index contributed by atoms with van der Waals surface area (Å²) in [5.41, 5.74) is 1.23. The molecule has 2 aliphatic rings. The number of anilines is 1. The molecular formula is C13H22N4. The first-order valence-electron chi connectivity index (χ1n) is 6.81. The third-order valence-corrected chi connectivity index (χ3v) is 3.96. The van der Waals surface area contributed by atoms with E-state index in [1.165, 1.54) is 30.9 Å². The largest absolute Gasteiger partial charge is 0.341 e. The van der Waals surface area contributed by atoms with Crippen LogP contribution in [0.15, 0.2) is 6.20 Å². The lowest BCUT2D eigenvalue weighted by atomic mass is 10.2. The number of nitrogens with one attached hydrogen (secondary N) is 1. The van der Waals surface area contributed by atoms with Gasteiger partial charge in [-0.1, -0.05) is 6.92 Å². The van der Waals surface area contributed by atoms with Crippen LogP contribution in [0.25, 0.3) is 0 Å². The Labute approximate surface area is 103 Å². The van der Waals surface area contributed by atoms with Gasteiger partial charge in [0.15, 0.2) is 0 Å². The van der Waals surface area contributed by atoms with Crippen molar-refractivity contribution in [2.75, 3.05) is 25.0 Å². The minimum absolute atomic E-state index is 0.611. The zero-order chi connectivity index (χ0) is 11.8. The van der Waals surface area contributed by atoms with Crippen LogP contribution in [0.5, 0.6) is 0 Å². The lowest BCUT2D eigenvalue weighted by Gasteiger charge is -2.25. The molecule has 1 saturated heterocycles. The molecule has 1 aromatic heterocycles. The van der Waals surface area contributed by atoms with Crippen molar-refractivity contribution in [3.05, 3.63) is 11.9 Å². The molecule has 1 aromatic rings. The Morgan fingerprint density at radius 3 is 2.88 bits per heavy atom. The summed E-state index contributed by atoms with van der Waals surface area (Å²) in [5.74, 6) is 1.18. The summed E-state index contributed by atoms with van der Waals surface area (Å²) in [5, 5.41) is 3.43. The van der Waals surface area contributed by atoms with Crippen LogP contribution in [-0.2, 0) is 6.42 Å². The first-order chi connectivity index (χ1) is 8.29. The first kappa shape index (κ1) is 11.1. The van der Waals surface area contributed by atoms with E-state index in [0.29, 0.717) is 6.04 Å². The Balaban J connectivity index is 1.86. The van der Waals surface area contributed by atoms with E-state index in [4.69, 9.17) is 4.98 Å². The van der Waals surface area contributed by atoms with Crippen molar-refractivity contribution in [3.63, 3.8) is 0 Å². The van der Waals surface area contributed by atoms with Crippen LogP contribution in [0.3, 0.4) is 0 Å². The van der Waals surface area contributed by atoms with Crippen LogP contribution in [0.2, 0.25) is 0 Å². The van der Waals surface area contributed by atoms with Crippen LogP contribution in [0.4, 0.5) is 5.95 Å². The van der Waals surface area contributed by atoms with E-state index in [2.05, 4.69) is 35.0 Å². The summed E-state index contributed by atoms with van der Waals surface area (Å²) in [6.07, 6.45) is 7.16. The predicted octanol–water partition coefficient (Wildman–Crippen LogP) is 1.58. The normalized spacial score (nSPS) is 24.2. The van der Waals surface area contributed by atoms with Crippen LogP contribution < -0.4 is 10.2 Å². The highest BCUT2D eigenvalue weighted by Gasteiger charge is 2.30. The number of hydrogen-bond acceptors (Lipinski definition) is 3. The molecule has 0 bridgehead atoms. The number of hydrogen-bond donors (Lipinski definition) is 1. The third-order valence-electron chi connectivity index (χ3n) is 3.96. The summed E-state index contributed by atoms with van der Waals surface area (Å²) in [6, 6.07) is 1.33. The monoisotopic (exact) mass is 234 g/mol.